The largest absolute Gasteiger partial charge is 0.309 e. The average Bonchev–Trinajstić information content (AvgIpc) is 3.68. The van der Waals surface area contributed by atoms with Crippen LogP contribution in [0.1, 0.15) is 5.56 Å². The topological polar surface area (TPSA) is 38.0 Å². The Morgan fingerprint density at radius 1 is 0.500 bits per heavy atom. The first-order valence-corrected chi connectivity index (χ1v) is 15.9. The van der Waals surface area contributed by atoms with E-state index >= 15 is 0 Å². The van der Waals surface area contributed by atoms with E-state index in [1.54, 1.807) is 0 Å². The standard InChI is InChI=1S/C44H26N4/c1-46-38-26-23-30(29-21-24-32(25-22-29)47-39-16-6-2-12-33(39)34-13-3-7-17-40(34)47)27-37(38)35-14-4-8-18-41(35)48-42-19-9-5-15-36(42)44-31(28-45)11-10-20-43(44)48/h2-27H. The third-order valence-corrected chi connectivity index (χ3v) is 9.41. The summed E-state index contributed by atoms with van der Waals surface area (Å²) in [5.74, 6) is 0. The Morgan fingerprint density at radius 3 is 1.77 bits per heavy atom. The molecule has 0 aliphatic carbocycles. The van der Waals surface area contributed by atoms with E-state index in [4.69, 9.17) is 6.57 Å². The number of fused-ring (bicyclic) bond motifs is 6. The maximum absolute atomic E-state index is 9.98. The Balaban J connectivity index is 1.20. The summed E-state index contributed by atoms with van der Waals surface area (Å²) in [5.41, 5.74) is 11.6. The van der Waals surface area contributed by atoms with E-state index in [1.807, 2.05) is 48.5 Å². The molecule has 0 N–H and O–H groups in total. The van der Waals surface area contributed by atoms with Crippen LogP contribution in [0.2, 0.25) is 0 Å². The van der Waals surface area contributed by atoms with Gasteiger partial charge < -0.3 is 9.13 Å². The number of aromatic nitrogens is 2. The monoisotopic (exact) mass is 610 g/mol. The van der Waals surface area contributed by atoms with E-state index in [9.17, 15) is 5.26 Å². The smallest absolute Gasteiger partial charge is 0.195 e. The predicted molar refractivity (Wildman–Crippen MR) is 197 cm³/mol. The van der Waals surface area contributed by atoms with Crippen molar-refractivity contribution in [1.29, 1.82) is 5.26 Å². The first kappa shape index (κ1) is 27.4. The van der Waals surface area contributed by atoms with Crippen LogP contribution in [0, 0.1) is 17.9 Å². The molecule has 0 unspecified atom stereocenters. The lowest BCUT2D eigenvalue weighted by Gasteiger charge is -2.16. The maximum Gasteiger partial charge on any atom is 0.195 e. The number of rotatable bonds is 4. The van der Waals surface area contributed by atoms with Crippen LogP contribution in [-0.4, -0.2) is 9.13 Å². The lowest BCUT2D eigenvalue weighted by Crippen LogP contribution is -1.97. The molecule has 0 bridgehead atoms. The van der Waals surface area contributed by atoms with Crippen LogP contribution in [-0.2, 0) is 0 Å². The molecule has 2 heterocycles. The Morgan fingerprint density at radius 2 is 1.08 bits per heavy atom. The molecule has 0 aliphatic heterocycles. The van der Waals surface area contributed by atoms with Crippen LogP contribution in [0.25, 0.3) is 82.1 Å². The SMILES string of the molecule is [C-]#[N+]c1ccc(-c2ccc(-n3c4ccccc4c4ccccc43)cc2)cc1-c1ccccc1-n1c2ccccc2c2c(C#N)cccc21. The van der Waals surface area contributed by atoms with Gasteiger partial charge in [0, 0.05) is 27.2 Å². The minimum atomic E-state index is 0.589. The number of para-hydroxylation sites is 4. The Labute approximate surface area is 277 Å². The van der Waals surface area contributed by atoms with E-state index in [0.717, 1.165) is 55.4 Å². The molecule has 48 heavy (non-hydrogen) atoms. The molecule has 4 nitrogen and oxygen atoms in total. The fraction of sp³-hybridized carbons (Fsp3) is 0. The van der Waals surface area contributed by atoms with Gasteiger partial charge >= 0.3 is 0 Å². The van der Waals surface area contributed by atoms with E-state index in [2.05, 4.69) is 129 Å². The molecule has 0 saturated heterocycles. The molecule has 0 amide bonds. The van der Waals surface area contributed by atoms with Gasteiger partial charge in [0.15, 0.2) is 5.69 Å². The Kier molecular flexibility index (Phi) is 6.22. The molecule has 7 aromatic carbocycles. The van der Waals surface area contributed by atoms with Gasteiger partial charge in [-0.2, -0.15) is 5.26 Å². The predicted octanol–water partition coefficient (Wildman–Crippen LogP) is 11.6. The number of hydrogen-bond donors (Lipinski definition) is 0. The second kappa shape index (κ2) is 10.9. The highest BCUT2D eigenvalue weighted by atomic mass is 15.0. The average molecular weight is 611 g/mol. The zero-order valence-corrected chi connectivity index (χ0v) is 25.8. The normalized spacial score (nSPS) is 11.3. The summed E-state index contributed by atoms with van der Waals surface area (Å²) in [7, 11) is 0. The van der Waals surface area contributed by atoms with E-state index in [0.29, 0.717) is 11.3 Å². The molecule has 0 saturated carbocycles. The molecule has 0 spiro atoms. The van der Waals surface area contributed by atoms with Gasteiger partial charge in [-0.05, 0) is 70.8 Å². The summed E-state index contributed by atoms with van der Waals surface area (Å²) in [5, 5.41) is 14.4. The molecule has 0 fully saturated rings. The van der Waals surface area contributed by atoms with Gasteiger partial charge in [-0.3, -0.25) is 0 Å². The summed E-state index contributed by atoms with van der Waals surface area (Å²) in [6.45, 7) is 8.09. The quantitative estimate of drug-likeness (QED) is 0.183. The second-order valence-electron chi connectivity index (χ2n) is 11.9. The molecule has 9 rings (SSSR count). The number of nitrogens with zero attached hydrogens (tertiary/aromatic N) is 4. The third kappa shape index (κ3) is 4.07. The van der Waals surface area contributed by atoms with Crippen LogP contribution < -0.4 is 0 Å². The molecular weight excluding hydrogens is 585 g/mol. The maximum atomic E-state index is 9.98. The van der Waals surface area contributed by atoms with Crippen molar-refractivity contribution >= 4 is 49.3 Å². The van der Waals surface area contributed by atoms with Crippen molar-refractivity contribution in [1.82, 2.24) is 9.13 Å². The van der Waals surface area contributed by atoms with Crippen molar-refractivity contribution in [2.24, 2.45) is 0 Å². The van der Waals surface area contributed by atoms with Gasteiger partial charge in [-0.25, -0.2) is 4.85 Å². The lowest BCUT2D eigenvalue weighted by atomic mass is 9.96. The van der Waals surface area contributed by atoms with Crippen LogP contribution in [0.15, 0.2) is 158 Å². The van der Waals surface area contributed by atoms with Crippen LogP contribution in [0.3, 0.4) is 0 Å². The highest BCUT2D eigenvalue weighted by molar-refractivity contribution is 6.12. The van der Waals surface area contributed by atoms with Gasteiger partial charge in [-0.15, -0.1) is 0 Å². The van der Waals surface area contributed by atoms with Crippen molar-refractivity contribution in [3.63, 3.8) is 0 Å². The molecule has 4 heteroatoms. The number of benzene rings is 7. The van der Waals surface area contributed by atoms with E-state index < -0.39 is 0 Å². The van der Waals surface area contributed by atoms with Crippen LogP contribution >= 0.6 is 0 Å². The molecule has 9 aromatic rings. The van der Waals surface area contributed by atoms with Crippen molar-refractivity contribution in [3.05, 3.63) is 175 Å². The Bertz CT molecular complexity index is 2750. The first-order chi connectivity index (χ1) is 23.7. The highest BCUT2D eigenvalue weighted by Crippen LogP contribution is 2.41. The molecular formula is C44H26N4. The number of hydrogen-bond acceptors (Lipinski definition) is 1. The van der Waals surface area contributed by atoms with Gasteiger partial charge in [0.1, 0.15) is 0 Å². The van der Waals surface area contributed by atoms with Crippen LogP contribution in [0.5, 0.6) is 0 Å². The lowest BCUT2D eigenvalue weighted by molar-refractivity contribution is 1.18. The first-order valence-electron chi connectivity index (χ1n) is 15.9. The zero-order valence-electron chi connectivity index (χ0n) is 25.8. The van der Waals surface area contributed by atoms with Crippen molar-refractivity contribution in [2.45, 2.75) is 0 Å². The molecule has 2 aromatic heterocycles. The summed E-state index contributed by atoms with van der Waals surface area (Å²) in [4.78, 5) is 3.96. The van der Waals surface area contributed by atoms with Gasteiger partial charge in [0.25, 0.3) is 0 Å². The number of nitriles is 1. The third-order valence-electron chi connectivity index (χ3n) is 9.41. The fourth-order valence-electron chi connectivity index (χ4n) is 7.30. The van der Waals surface area contributed by atoms with Gasteiger partial charge in [0.2, 0.25) is 0 Å². The van der Waals surface area contributed by atoms with E-state index in [-0.39, 0.29) is 0 Å². The van der Waals surface area contributed by atoms with Crippen LogP contribution in [0.4, 0.5) is 5.69 Å². The zero-order chi connectivity index (χ0) is 32.2. The minimum Gasteiger partial charge on any atom is -0.309 e. The van der Waals surface area contributed by atoms with E-state index in [1.165, 1.54) is 21.8 Å². The highest BCUT2D eigenvalue weighted by Gasteiger charge is 2.19. The fourth-order valence-corrected chi connectivity index (χ4v) is 7.30. The van der Waals surface area contributed by atoms with Crippen molar-refractivity contribution < 1.29 is 0 Å². The summed E-state index contributed by atoms with van der Waals surface area (Å²) >= 11 is 0. The van der Waals surface area contributed by atoms with Crippen molar-refractivity contribution in [3.8, 4) is 39.7 Å². The molecule has 0 aliphatic rings. The molecule has 0 atom stereocenters. The van der Waals surface area contributed by atoms with Gasteiger partial charge in [0.05, 0.1) is 46.0 Å². The summed E-state index contributed by atoms with van der Waals surface area (Å²) in [6, 6.07) is 56.6. The summed E-state index contributed by atoms with van der Waals surface area (Å²) < 4.78 is 4.55. The van der Waals surface area contributed by atoms with Gasteiger partial charge in [-0.1, -0.05) is 109 Å². The summed E-state index contributed by atoms with van der Waals surface area (Å²) in [6.07, 6.45) is 0. The molecule has 222 valence electrons. The molecule has 0 radical (unpaired) electrons. The Hall–Kier alpha value is -6.88. The minimum absolute atomic E-state index is 0.589. The van der Waals surface area contributed by atoms with Crippen molar-refractivity contribution in [2.75, 3.05) is 0 Å². The second-order valence-corrected chi connectivity index (χ2v) is 11.9.